The molecule has 0 aliphatic rings. The number of hydroxylamine groups is 1. The molecule has 160 valence electrons. The average molecular weight is 415 g/mol. The monoisotopic (exact) mass is 415 g/mol. The smallest absolute Gasteiger partial charge is 0.431 e. The molecule has 0 spiro atoms. The van der Waals surface area contributed by atoms with Crippen LogP contribution in [-0.4, -0.2) is 34.7 Å². The summed E-state index contributed by atoms with van der Waals surface area (Å²) in [4.78, 5) is 44.9. The second kappa shape index (κ2) is 9.84. The largest absolute Gasteiger partial charge is 0.442 e. The van der Waals surface area contributed by atoms with Gasteiger partial charge in [-0.3, -0.25) is 14.6 Å². The fourth-order valence-corrected chi connectivity index (χ4v) is 2.22. The Morgan fingerprint density at radius 1 is 1.13 bits per heavy atom. The summed E-state index contributed by atoms with van der Waals surface area (Å²) in [5, 5.41) is 2.75. The summed E-state index contributed by atoms with van der Waals surface area (Å²) < 4.78 is 10.3. The van der Waals surface area contributed by atoms with Crippen LogP contribution in [0.15, 0.2) is 42.7 Å². The molecule has 1 aromatic heterocycles. The number of hydrogen-bond donors (Lipinski definition) is 2. The van der Waals surface area contributed by atoms with E-state index >= 15 is 0 Å². The lowest BCUT2D eigenvalue weighted by molar-refractivity contribution is -0.150. The second-order valence-corrected chi connectivity index (χ2v) is 7.46. The Kier molecular flexibility index (Phi) is 7.48. The maximum atomic E-state index is 12.2. The first-order chi connectivity index (χ1) is 14.0. The van der Waals surface area contributed by atoms with Gasteiger partial charge in [0.1, 0.15) is 11.4 Å². The number of aromatic nitrogens is 1. The molecular formula is C21H25N3O6. The predicted octanol–water partition coefficient (Wildman–Crippen LogP) is 3.39. The Morgan fingerprint density at radius 3 is 2.47 bits per heavy atom. The molecule has 30 heavy (non-hydrogen) atoms. The fourth-order valence-electron chi connectivity index (χ4n) is 2.22. The molecule has 0 saturated heterocycles. The number of carbonyl (C=O) groups excluding carboxylic acids is 3. The van der Waals surface area contributed by atoms with Crippen molar-refractivity contribution in [1.29, 1.82) is 0 Å². The third-order valence-corrected chi connectivity index (χ3v) is 3.62. The summed E-state index contributed by atoms with van der Waals surface area (Å²) in [5.74, 6) is -0.712. The van der Waals surface area contributed by atoms with E-state index in [2.05, 4.69) is 15.8 Å². The molecule has 2 rings (SSSR count). The van der Waals surface area contributed by atoms with Crippen LogP contribution in [0.2, 0.25) is 0 Å². The van der Waals surface area contributed by atoms with Crippen LogP contribution in [0.5, 0.6) is 5.75 Å². The fraction of sp³-hybridized carbons (Fsp3) is 0.333. The number of benzene rings is 1. The van der Waals surface area contributed by atoms with Crippen LogP contribution in [0.4, 0.5) is 10.5 Å². The number of pyridine rings is 1. The first-order valence-corrected chi connectivity index (χ1v) is 9.23. The van der Waals surface area contributed by atoms with Crippen molar-refractivity contribution in [1.82, 2.24) is 10.5 Å². The maximum absolute atomic E-state index is 12.2. The van der Waals surface area contributed by atoms with Crippen LogP contribution < -0.4 is 15.5 Å². The zero-order chi connectivity index (χ0) is 22.3. The minimum atomic E-state index is -1.07. The highest BCUT2D eigenvalue weighted by Crippen LogP contribution is 2.23. The highest BCUT2D eigenvalue weighted by atomic mass is 16.7. The van der Waals surface area contributed by atoms with E-state index in [1.54, 1.807) is 64.2 Å². The van der Waals surface area contributed by atoms with Gasteiger partial charge in [-0.1, -0.05) is 0 Å². The zero-order valence-electron chi connectivity index (χ0n) is 17.5. The zero-order valence-corrected chi connectivity index (χ0v) is 17.5. The van der Waals surface area contributed by atoms with Crippen LogP contribution in [0, 0.1) is 6.92 Å². The lowest BCUT2D eigenvalue weighted by atomic mass is 10.2. The standard InChI is InChI=1S/C21H25N3O6/c1-13-11-16(23-18(25)15-7-6-10-22-12-15)8-9-17(13)28-19(26)14(2)30-24-20(27)29-21(3,4)5/h6-12,14H,1-5H3,(H,23,25)(H,24,27)/t14-/m0/s1. The Bertz CT molecular complexity index is 909. The van der Waals surface area contributed by atoms with E-state index in [4.69, 9.17) is 14.3 Å². The number of aryl methyl sites for hydroxylation is 1. The molecule has 1 heterocycles. The molecule has 0 aliphatic heterocycles. The van der Waals surface area contributed by atoms with E-state index in [9.17, 15) is 14.4 Å². The van der Waals surface area contributed by atoms with Gasteiger partial charge in [-0.05, 0) is 70.5 Å². The summed E-state index contributed by atoms with van der Waals surface area (Å²) in [6.07, 6.45) is 1.16. The van der Waals surface area contributed by atoms with Crippen LogP contribution in [-0.2, 0) is 14.4 Å². The second-order valence-electron chi connectivity index (χ2n) is 7.46. The summed E-state index contributed by atoms with van der Waals surface area (Å²) in [5.41, 5.74) is 2.95. The maximum Gasteiger partial charge on any atom is 0.431 e. The van der Waals surface area contributed by atoms with Gasteiger partial charge in [0.15, 0.2) is 6.10 Å². The van der Waals surface area contributed by atoms with E-state index in [1.165, 1.54) is 13.1 Å². The van der Waals surface area contributed by atoms with Gasteiger partial charge >= 0.3 is 12.1 Å². The molecule has 0 aliphatic carbocycles. The van der Waals surface area contributed by atoms with Gasteiger partial charge in [0.25, 0.3) is 5.91 Å². The molecular weight excluding hydrogens is 390 g/mol. The molecule has 9 heteroatoms. The van der Waals surface area contributed by atoms with Crippen molar-refractivity contribution in [2.45, 2.75) is 46.3 Å². The molecule has 0 radical (unpaired) electrons. The van der Waals surface area contributed by atoms with Gasteiger partial charge in [-0.2, -0.15) is 5.48 Å². The highest BCUT2D eigenvalue weighted by molar-refractivity contribution is 6.04. The molecule has 2 aromatic rings. The number of hydrogen-bond acceptors (Lipinski definition) is 7. The molecule has 0 unspecified atom stereocenters. The lowest BCUT2D eigenvalue weighted by Gasteiger charge is -2.20. The summed E-state index contributed by atoms with van der Waals surface area (Å²) in [6.45, 7) is 8.27. The van der Waals surface area contributed by atoms with E-state index < -0.39 is 23.8 Å². The first-order valence-electron chi connectivity index (χ1n) is 9.23. The van der Waals surface area contributed by atoms with Gasteiger partial charge in [-0.25, -0.2) is 9.59 Å². The van der Waals surface area contributed by atoms with Crippen LogP contribution in [0.1, 0.15) is 43.6 Å². The number of ether oxygens (including phenoxy) is 2. The van der Waals surface area contributed by atoms with Crippen molar-refractivity contribution in [3.63, 3.8) is 0 Å². The van der Waals surface area contributed by atoms with Gasteiger partial charge in [0.05, 0.1) is 5.56 Å². The number of amides is 2. The Labute approximate surface area is 174 Å². The van der Waals surface area contributed by atoms with Crippen LogP contribution in [0.3, 0.4) is 0 Å². The van der Waals surface area contributed by atoms with Crippen molar-refractivity contribution in [2.24, 2.45) is 0 Å². The minimum absolute atomic E-state index is 0.298. The number of nitrogens with zero attached hydrogens (tertiary/aromatic N) is 1. The molecule has 2 amide bonds. The normalized spacial score (nSPS) is 11.9. The lowest BCUT2D eigenvalue weighted by Crippen LogP contribution is -2.38. The van der Waals surface area contributed by atoms with Gasteiger partial charge in [0.2, 0.25) is 0 Å². The van der Waals surface area contributed by atoms with Crippen LogP contribution >= 0.6 is 0 Å². The molecule has 1 aromatic carbocycles. The summed E-state index contributed by atoms with van der Waals surface area (Å²) >= 11 is 0. The Hall–Kier alpha value is -3.46. The minimum Gasteiger partial charge on any atom is -0.442 e. The SMILES string of the molecule is Cc1cc(NC(=O)c2cccnc2)ccc1OC(=O)[C@H](C)ONC(=O)OC(C)(C)C. The Balaban J connectivity index is 1.91. The van der Waals surface area contributed by atoms with Crippen molar-refractivity contribution in [3.8, 4) is 5.75 Å². The number of esters is 1. The topological polar surface area (TPSA) is 116 Å². The average Bonchev–Trinajstić information content (AvgIpc) is 2.67. The summed E-state index contributed by atoms with van der Waals surface area (Å²) in [6, 6.07) is 8.15. The third-order valence-electron chi connectivity index (χ3n) is 3.62. The molecule has 0 bridgehead atoms. The molecule has 9 nitrogen and oxygen atoms in total. The molecule has 1 atom stereocenters. The van der Waals surface area contributed by atoms with Gasteiger partial charge < -0.3 is 14.8 Å². The molecule has 0 saturated carbocycles. The molecule has 0 fully saturated rings. The highest BCUT2D eigenvalue weighted by Gasteiger charge is 2.21. The third kappa shape index (κ3) is 7.17. The summed E-state index contributed by atoms with van der Waals surface area (Å²) in [7, 11) is 0. The van der Waals surface area contributed by atoms with E-state index in [0.29, 0.717) is 22.6 Å². The number of anilines is 1. The number of carbonyl (C=O) groups is 3. The van der Waals surface area contributed by atoms with Crippen molar-refractivity contribution >= 4 is 23.7 Å². The van der Waals surface area contributed by atoms with E-state index in [0.717, 1.165) is 0 Å². The van der Waals surface area contributed by atoms with Crippen molar-refractivity contribution in [3.05, 3.63) is 53.9 Å². The molecule has 2 N–H and O–H groups in total. The van der Waals surface area contributed by atoms with Gasteiger partial charge in [-0.15, -0.1) is 0 Å². The van der Waals surface area contributed by atoms with Crippen molar-refractivity contribution in [2.75, 3.05) is 5.32 Å². The number of nitrogens with one attached hydrogen (secondary N) is 2. The van der Waals surface area contributed by atoms with Crippen molar-refractivity contribution < 1.29 is 28.7 Å². The Morgan fingerprint density at radius 2 is 1.87 bits per heavy atom. The number of rotatable bonds is 6. The van der Waals surface area contributed by atoms with E-state index in [-0.39, 0.29) is 5.91 Å². The van der Waals surface area contributed by atoms with Crippen LogP contribution in [0.25, 0.3) is 0 Å². The predicted molar refractivity (Wildman–Crippen MR) is 109 cm³/mol. The van der Waals surface area contributed by atoms with Gasteiger partial charge in [0, 0.05) is 18.1 Å². The first kappa shape index (κ1) is 22.8. The van der Waals surface area contributed by atoms with E-state index in [1.807, 2.05) is 0 Å². The quantitative estimate of drug-likeness (QED) is 0.422.